The van der Waals surface area contributed by atoms with Gasteiger partial charge in [-0.3, -0.25) is 4.68 Å². The summed E-state index contributed by atoms with van der Waals surface area (Å²) in [5.41, 5.74) is 1.10. The lowest BCUT2D eigenvalue weighted by Crippen LogP contribution is -2.41. The molecule has 0 saturated carbocycles. The monoisotopic (exact) mass is 282 g/mol. The van der Waals surface area contributed by atoms with Crippen molar-refractivity contribution in [3.63, 3.8) is 0 Å². The highest BCUT2D eigenvalue weighted by Crippen LogP contribution is 2.17. The van der Waals surface area contributed by atoms with Crippen LogP contribution in [0.25, 0.3) is 0 Å². The van der Waals surface area contributed by atoms with Crippen molar-refractivity contribution in [1.82, 2.24) is 20.4 Å². The summed E-state index contributed by atoms with van der Waals surface area (Å²) in [4.78, 5) is 11.6. The number of hydrogen-bond donors (Lipinski definition) is 3. The van der Waals surface area contributed by atoms with Crippen LogP contribution in [0.1, 0.15) is 32.3 Å². The molecule has 1 rings (SSSR count). The molecule has 0 fully saturated rings. The van der Waals surface area contributed by atoms with E-state index in [1.165, 1.54) is 5.56 Å². The van der Waals surface area contributed by atoms with Gasteiger partial charge in [0.1, 0.15) is 0 Å². The lowest BCUT2D eigenvalue weighted by atomic mass is 9.90. The molecule has 0 aliphatic carbocycles. The molecule has 3 N–H and O–H groups in total. The second-order valence-corrected chi connectivity index (χ2v) is 5.87. The van der Waals surface area contributed by atoms with E-state index >= 15 is 0 Å². The number of aryl methyl sites for hydroxylation is 2. The summed E-state index contributed by atoms with van der Waals surface area (Å²) < 4.78 is 1.78. The molecule has 6 heteroatoms. The maximum atomic E-state index is 11.6. The molecule has 0 aromatic carbocycles. The maximum absolute atomic E-state index is 11.6. The lowest BCUT2D eigenvalue weighted by Gasteiger charge is -2.23. The SMILES string of the molecule is Cn1cc(CCCNC(=O)NCC(C)(C)CCO)cn1. The molecule has 0 atom stereocenters. The zero-order valence-corrected chi connectivity index (χ0v) is 12.6. The molecular weight excluding hydrogens is 256 g/mol. The van der Waals surface area contributed by atoms with Gasteiger partial charge in [-0.05, 0) is 30.2 Å². The Bertz CT molecular complexity index is 415. The van der Waals surface area contributed by atoms with Gasteiger partial charge in [-0.1, -0.05) is 13.8 Å². The van der Waals surface area contributed by atoms with E-state index in [1.54, 1.807) is 4.68 Å². The topological polar surface area (TPSA) is 79.2 Å². The van der Waals surface area contributed by atoms with Crippen molar-refractivity contribution >= 4 is 6.03 Å². The number of amides is 2. The van der Waals surface area contributed by atoms with Crippen molar-refractivity contribution in [3.8, 4) is 0 Å². The van der Waals surface area contributed by atoms with Crippen LogP contribution in [0.3, 0.4) is 0 Å². The van der Waals surface area contributed by atoms with Crippen LogP contribution in [0.4, 0.5) is 4.79 Å². The zero-order valence-electron chi connectivity index (χ0n) is 12.6. The van der Waals surface area contributed by atoms with Gasteiger partial charge in [-0.2, -0.15) is 5.10 Å². The third kappa shape index (κ3) is 6.56. The Labute approximate surface area is 120 Å². The number of rotatable bonds is 8. The van der Waals surface area contributed by atoms with Crippen molar-refractivity contribution in [2.24, 2.45) is 12.5 Å². The van der Waals surface area contributed by atoms with Gasteiger partial charge in [0.05, 0.1) is 6.20 Å². The predicted octanol–water partition coefficient (Wildman–Crippen LogP) is 1.06. The van der Waals surface area contributed by atoms with Gasteiger partial charge >= 0.3 is 6.03 Å². The summed E-state index contributed by atoms with van der Waals surface area (Å²) in [5, 5.41) is 18.7. The third-order valence-electron chi connectivity index (χ3n) is 3.20. The third-order valence-corrected chi connectivity index (χ3v) is 3.20. The molecule has 0 aliphatic heterocycles. The van der Waals surface area contributed by atoms with Crippen molar-refractivity contribution in [2.45, 2.75) is 33.1 Å². The minimum Gasteiger partial charge on any atom is -0.396 e. The van der Waals surface area contributed by atoms with Crippen molar-refractivity contribution < 1.29 is 9.90 Å². The highest BCUT2D eigenvalue weighted by Gasteiger charge is 2.17. The van der Waals surface area contributed by atoms with E-state index in [2.05, 4.69) is 15.7 Å². The molecule has 1 heterocycles. The van der Waals surface area contributed by atoms with Crippen LogP contribution >= 0.6 is 0 Å². The first-order valence-electron chi connectivity index (χ1n) is 7.03. The molecule has 0 bridgehead atoms. The first kappa shape index (κ1) is 16.5. The molecule has 0 saturated heterocycles. The van der Waals surface area contributed by atoms with Crippen LogP contribution in [0, 0.1) is 5.41 Å². The number of aromatic nitrogens is 2. The minimum atomic E-state index is -0.151. The molecule has 1 aromatic rings. The van der Waals surface area contributed by atoms with Gasteiger partial charge in [0.15, 0.2) is 0 Å². The van der Waals surface area contributed by atoms with Crippen LogP contribution in [0.15, 0.2) is 12.4 Å². The fourth-order valence-corrected chi connectivity index (χ4v) is 1.87. The average molecular weight is 282 g/mol. The summed E-state index contributed by atoms with van der Waals surface area (Å²) >= 11 is 0. The van der Waals surface area contributed by atoms with E-state index < -0.39 is 0 Å². The molecule has 6 nitrogen and oxygen atoms in total. The molecule has 1 aromatic heterocycles. The van der Waals surface area contributed by atoms with Crippen molar-refractivity contribution in [1.29, 1.82) is 0 Å². The highest BCUT2D eigenvalue weighted by atomic mass is 16.3. The summed E-state index contributed by atoms with van der Waals surface area (Å²) in [7, 11) is 1.89. The predicted molar refractivity (Wildman–Crippen MR) is 78.4 cm³/mol. The normalized spacial score (nSPS) is 11.4. The summed E-state index contributed by atoms with van der Waals surface area (Å²) in [6.07, 6.45) is 6.30. The maximum Gasteiger partial charge on any atom is 0.314 e. The largest absolute Gasteiger partial charge is 0.396 e. The number of carbonyl (C=O) groups excluding carboxylic acids is 1. The number of nitrogens with zero attached hydrogens (tertiary/aromatic N) is 2. The number of carbonyl (C=O) groups is 1. The molecule has 20 heavy (non-hydrogen) atoms. The lowest BCUT2D eigenvalue weighted by molar-refractivity contribution is 0.201. The Balaban J connectivity index is 2.11. The molecule has 0 aliphatic rings. The first-order chi connectivity index (χ1) is 9.43. The number of aliphatic hydroxyl groups excluding tert-OH is 1. The second-order valence-electron chi connectivity index (χ2n) is 5.87. The van der Waals surface area contributed by atoms with Crippen molar-refractivity contribution in [3.05, 3.63) is 18.0 Å². The van der Waals surface area contributed by atoms with E-state index in [1.807, 2.05) is 33.3 Å². The number of aliphatic hydroxyl groups is 1. The van der Waals surface area contributed by atoms with Crippen LogP contribution in [0.5, 0.6) is 0 Å². The fraction of sp³-hybridized carbons (Fsp3) is 0.714. The standard InChI is InChI=1S/C14H26N4O2/c1-14(2,6-8-19)11-16-13(20)15-7-4-5-12-9-17-18(3)10-12/h9-10,19H,4-8,11H2,1-3H3,(H2,15,16,20). The summed E-state index contributed by atoms with van der Waals surface area (Å²) in [6.45, 7) is 5.38. The Morgan fingerprint density at radius 2 is 2.20 bits per heavy atom. The number of hydrogen-bond acceptors (Lipinski definition) is 3. The Morgan fingerprint density at radius 3 is 2.80 bits per heavy atom. The fourth-order valence-electron chi connectivity index (χ4n) is 1.87. The zero-order chi connectivity index (χ0) is 15.0. The van der Waals surface area contributed by atoms with Gasteiger partial charge < -0.3 is 15.7 Å². The van der Waals surface area contributed by atoms with E-state index in [0.717, 1.165) is 12.8 Å². The van der Waals surface area contributed by atoms with Gasteiger partial charge in [-0.25, -0.2) is 4.79 Å². The Kier molecular flexibility index (Phi) is 6.51. The summed E-state index contributed by atoms with van der Waals surface area (Å²) in [6, 6.07) is -0.151. The molecule has 0 radical (unpaired) electrons. The summed E-state index contributed by atoms with van der Waals surface area (Å²) in [5.74, 6) is 0. The smallest absolute Gasteiger partial charge is 0.314 e. The van der Waals surface area contributed by atoms with Crippen LogP contribution in [0.2, 0.25) is 0 Å². The molecule has 2 amide bonds. The first-order valence-corrected chi connectivity index (χ1v) is 7.03. The van der Waals surface area contributed by atoms with E-state index in [-0.39, 0.29) is 18.1 Å². The highest BCUT2D eigenvalue weighted by molar-refractivity contribution is 5.73. The quantitative estimate of drug-likeness (QED) is 0.624. The second kappa shape index (κ2) is 7.89. The molecule has 0 unspecified atom stereocenters. The van der Waals surface area contributed by atoms with E-state index in [4.69, 9.17) is 5.11 Å². The van der Waals surface area contributed by atoms with Gasteiger partial charge in [-0.15, -0.1) is 0 Å². The van der Waals surface area contributed by atoms with Gasteiger partial charge in [0.25, 0.3) is 0 Å². The van der Waals surface area contributed by atoms with Crippen LogP contribution < -0.4 is 10.6 Å². The van der Waals surface area contributed by atoms with Crippen LogP contribution in [-0.4, -0.2) is 40.6 Å². The van der Waals surface area contributed by atoms with E-state index in [0.29, 0.717) is 19.5 Å². The molecular formula is C14H26N4O2. The minimum absolute atomic E-state index is 0.0815. The van der Waals surface area contributed by atoms with Gasteiger partial charge in [0, 0.05) is 32.9 Å². The average Bonchev–Trinajstić information content (AvgIpc) is 2.78. The van der Waals surface area contributed by atoms with E-state index in [9.17, 15) is 4.79 Å². The van der Waals surface area contributed by atoms with Gasteiger partial charge in [0.2, 0.25) is 0 Å². The number of nitrogens with one attached hydrogen (secondary N) is 2. The molecule has 114 valence electrons. The Morgan fingerprint density at radius 1 is 1.45 bits per heavy atom. The molecule has 0 spiro atoms. The van der Waals surface area contributed by atoms with Crippen LogP contribution in [-0.2, 0) is 13.5 Å². The Hall–Kier alpha value is -1.56. The van der Waals surface area contributed by atoms with Crippen molar-refractivity contribution in [2.75, 3.05) is 19.7 Å². The number of urea groups is 1.